The second-order valence-corrected chi connectivity index (χ2v) is 9.16. The largest absolute Gasteiger partial charge is 0.361 e. The first-order chi connectivity index (χ1) is 15.3. The third kappa shape index (κ3) is 4.57. The zero-order valence-corrected chi connectivity index (χ0v) is 18.1. The highest BCUT2D eigenvalue weighted by Gasteiger charge is 2.22. The molecule has 1 saturated carbocycles. The van der Waals surface area contributed by atoms with Crippen molar-refractivity contribution >= 4 is 50.8 Å². The molecule has 158 valence electrons. The Morgan fingerprint density at radius 2 is 1.90 bits per heavy atom. The van der Waals surface area contributed by atoms with Crippen LogP contribution in [0.3, 0.4) is 0 Å². The first-order valence-electron chi connectivity index (χ1n) is 10.7. The van der Waals surface area contributed by atoms with Gasteiger partial charge in [0.05, 0.1) is 46.1 Å². The minimum absolute atomic E-state index is 0.197. The summed E-state index contributed by atoms with van der Waals surface area (Å²) in [7, 11) is 0. The summed E-state index contributed by atoms with van der Waals surface area (Å²) < 4.78 is 0. The average Bonchev–Trinajstić information content (AvgIpc) is 3.34. The SMILES string of the molecule is NC(SCNc1ccc2ncc(Nc3cncc4ccccc34)cc2n1)C1CCCC1. The number of hydrogen-bond donors (Lipinski definition) is 3. The summed E-state index contributed by atoms with van der Waals surface area (Å²) in [6.45, 7) is 0. The Hall–Kier alpha value is -2.90. The lowest BCUT2D eigenvalue weighted by Crippen LogP contribution is -2.26. The molecular weight excluding hydrogens is 404 g/mol. The first kappa shape index (κ1) is 20.0. The molecule has 0 bridgehead atoms. The van der Waals surface area contributed by atoms with Crippen molar-refractivity contribution in [2.24, 2.45) is 11.7 Å². The molecule has 3 aromatic heterocycles. The fourth-order valence-corrected chi connectivity index (χ4v) is 5.15. The van der Waals surface area contributed by atoms with Crippen LogP contribution < -0.4 is 16.4 Å². The summed E-state index contributed by atoms with van der Waals surface area (Å²) in [4.78, 5) is 13.7. The summed E-state index contributed by atoms with van der Waals surface area (Å²) in [6, 6.07) is 14.2. The lowest BCUT2D eigenvalue weighted by Gasteiger charge is -2.18. The van der Waals surface area contributed by atoms with E-state index in [1.54, 1.807) is 11.8 Å². The van der Waals surface area contributed by atoms with Crippen molar-refractivity contribution in [1.29, 1.82) is 0 Å². The summed E-state index contributed by atoms with van der Waals surface area (Å²) in [5, 5.41) is 9.25. The molecule has 1 unspecified atom stereocenters. The second-order valence-electron chi connectivity index (χ2n) is 7.99. The quantitative estimate of drug-likeness (QED) is 0.334. The van der Waals surface area contributed by atoms with Gasteiger partial charge in [0.25, 0.3) is 0 Å². The fraction of sp³-hybridized carbons (Fsp3) is 0.292. The normalized spacial score (nSPS) is 15.4. The molecule has 0 amide bonds. The van der Waals surface area contributed by atoms with E-state index < -0.39 is 0 Å². The van der Waals surface area contributed by atoms with Crippen LogP contribution in [-0.2, 0) is 0 Å². The van der Waals surface area contributed by atoms with E-state index in [2.05, 4.69) is 32.7 Å². The maximum atomic E-state index is 6.35. The first-order valence-corrected chi connectivity index (χ1v) is 11.8. The highest BCUT2D eigenvalue weighted by molar-refractivity contribution is 7.99. The van der Waals surface area contributed by atoms with Crippen LogP contribution in [0.25, 0.3) is 21.8 Å². The predicted molar refractivity (Wildman–Crippen MR) is 131 cm³/mol. The maximum absolute atomic E-state index is 6.35. The van der Waals surface area contributed by atoms with Gasteiger partial charge in [0, 0.05) is 17.0 Å². The highest BCUT2D eigenvalue weighted by Crippen LogP contribution is 2.31. The number of thioether (sulfide) groups is 1. The van der Waals surface area contributed by atoms with Crippen LogP contribution in [0.15, 0.2) is 61.1 Å². The van der Waals surface area contributed by atoms with Gasteiger partial charge in [-0.2, -0.15) is 0 Å². The Kier molecular flexibility index (Phi) is 5.86. The maximum Gasteiger partial charge on any atom is 0.127 e. The summed E-state index contributed by atoms with van der Waals surface area (Å²) in [5.41, 5.74) is 9.88. The van der Waals surface area contributed by atoms with Gasteiger partial charge in [-0.25, -0.2) is 4.98 Å². The minimum atomic E-state index is 0.197. The van der Waals surface area contributed by atoms with Gasteiger partial charge in [-0.15, -0.1) is 11.8 Å². The average molecular weight is 431 g/mol. The Balaban J connectivity index is 1.29. The van der Waals surface area contributed by atoms with E-state index in [1.165, 1.54) is 25.7 Å². The van der Waals surface area contributed by atoms with E-state index in [-0.39, 0.29) is 5.37 Å². The monoisotopic (exact) mass is 430 g/mol. The van der Waals surface area contributed by atoms with Gasteiger partial charge in [0.15, 0.2) is 0 Å². The topological polar surface area (TPSA) is 88.8 Å². The number of anilines is 3. The molecule has 6 nitrogen and oxygen atoms in total. The van der Waals surface area contributed by atoms with Gasteiger partial charge in [0.1, 0.15) is 5.82 Å². The molecule has 4 N–H and O–H groups in total. The Morgan fingerprint density at radius 1 is 1.03 bits per heavy atom. The predicted octanol–water partition coefficient (Wildman–Crippen LogP) is 5.50. The molecule has 1 aliphatic carbocycles. The van der Waals surface area contributed by atoms with Gasteiger partial charge in [-0.1, -0.05) is 37.1 Å². The molecule has 3 heterocycles. The molecule has 0 spiro atoms. The van der Waals surface area contributed by atoms with E-state index in [9.17, 15) is 0 Å². The van der Waals surface area contributed by atoms with Crippen LogP contribution in [0, 0.1) is 5.92 Å². The zero-order valence-electron chi connectivity index (χ0n) is 17.3. The van der Waals surface area contributed by atoms with Crippen LogP contribution in [0.4, 0.5) is 17.2 Å². The number of nitrogens with zero attached hydrogens (tertiary/aromatic N) is 3. The molecule has 0 radical (unpaired) electrons. The van der Waals surface area contributed by atoms with E-state index in [0.717, 1.165) is 44.9 Å². The van der Waals surface area contributed by atoms with Gasteiger partial charge in [-0.05, 0) is 37.0 Å². The summed E-state index contributed by atoms with van der Waals surface area (Å²) in [5.74, 6) is 2.24. The zero-order chi connectivity index (χ0) is 21.0. The standard InChI is InChI=1S/C24H26N6S/c25-24(16-5-1-2-6-16)31-15-28-23-10-9-20-21(30-23)11-18(13-27-20)29-22-14-26-12-17-7-3-4-8-19(17)22/h3-4,7-14,16,24,29H,1-2,5-6,15,25H2,(H,28,30). The lowest BCUT2D eigenvalue weighted by molar-refractivity contribution is 0.531. The number of benzene rings is 1. The summed E-state index contributed by atoms with van der Waals surface area (Å²) >= 11 is 1.77. The van der Waals surface area contributed by atoms with Crippen LogP contribution >= 0.6 is 11.8 Å². The molecule has 0 aliphatic heterocycles. The van der Waals surface area contributed by atoms with Crippen molar-refractivity contribution in [2.45, 2.75) is 31.1 Å². The highest BCUT2D eigenvalue weighted by atomic mass is 32.2. The second kappa shape index (κ2) is 9.08. The van der Waals surface area contributed by atoms with Crippen LogP contribution in [0.2, 0.25) is 0 Å². The smallest absolute Gasteiger partial charge is 0.127 e. The molecule has 1 atom stereocenters. The lowest BCUT2D eigenvalue weighted by atomic mass is 10.1. The molecule has 1 aliphatic rings. The molecule has 5 rings (SSSR count). The fourth-order valence-electron chi connectivity index (χ4n) is 4.18. The Labute approximate surface area is 186 Å². The van der Waals surface area contributed by atoms with E-state index in [0.29, 0.717) is 5.92 Å². The van der Waals surface area contributed by atoms with Crippen molar-refractivity contribution in [1.82, 2.24) is 15.0 Å². The van der Waals surface area contributed by atoms with E-state index >= 15 is 0 Å². The van der Waals surface area contributed by atoms with Crippen molar-refractivity contribution in [2.75, 3.05) is 16.5 Å². The van der Waals surface area contributed by atoms with E-state index in [1.807, 2.05) is 48.9 Å². The Morgan fingerprint density at radius 3 is 2.81 bits per heavy atom. The molecule has 7 heteroatoms. The van der Waals surface area contributed by atoms with Crippen LogP contribution in [-0.4, -0.2) is 26.2 Å². The van der Waals surface area contributed by atoms with Gasteiger partial charge in [0.2, 0.25) is 0 Å². The van der Waals surface area contributed by atoms with Crippen molar-refractivity contribution in [3.05, 3.63) is 61.1 Å². The van der Waals surface area contributed by atoms with Crippen LogP contribution in [0.1, 0.15) is 25.7 Å². The molecule has 0 saturated heterocycles. The van der Waals surface area contributed by atoms with E-state index in [4.69, 9.17) is 10.7 Å². The number of nitrogens with two attached hydrogens (primary N) is 1. The number of hydrogen-bond acceptors (Lipinski definition) is 7. The number of fused-ring (bicyclic) bond motifs is 2. The van der Waals surface area contributed by atoms with Crippen molar-refractivity contribution in [3.8, 4) is 0 Å². The molecule has 4 aromatic rings. The van der Waals surface area contributed by atoms with Gasteiger partial charge >= 0.3 is 0 Å². The van der Waals surface area contributed by atoms with Crippen LogP contribution in [0.5, 0.6) is 0 Å². The number of nitrogens with one attached hydrogen (secondary N) is 2. The number of rotatable bonds is 7. The third-order valence-electron chi connectivity index (χ3n) is 5.88. The minimum Gasteiger partial charge on any atom is -0.361 e. The summed E-state index contributed by atoms with van der Waals surface area (Å²) in [6.07, 6.45) is 10.7. The number of aromatic nitrogens is 3. The third-order valence-corrected chi connectivity index (χ3v) is 6.96. The molecule has 1 aromatic carbocycles. The Bertz CT molecular complexity index is 1190. The molecular formula is C24H26N6S. The molecule has 31 heavy (non-hydrogen) atoms. The molecule has 1 fully saturated rings. The van der Waals surface area contributed by atoms with Gasteiger partial charge < -0.3 is 16.4 Å². The van der Waals surface area contributed by atoms with Crippen molar-refractivity contribution < 1.29 is 0 Å². The van der Waals surface area contributed by atoms with Gasteiger partial charge in [-0.3, -0.25) is 9.97 Å². The number of pyridine rings is 3. The van der Waals surface area contributed by atoms with Crippen molar-refractivity contribution in [3.63, 3.8) is 0 Å².